The van der Waals surface area contributed by atoms with Gasteiger partial charge in [-0.3, -0.25) is 0 Å². The van der Waals surface area contributed by atoms with E-state index in [1.807, 2.05) is 0 Å². The summed E-state index contributed by atoms with van der Waals surface area (Å²) in [5, 5.41) is 2.63. The van der Waals surface area contributed by atoms with Crippen LogP contribution in [0.15, 0.2) is 78.5 Å². The molecule has 0 saturated carbocycles. The Balaban J connectivity index is 1.28. The van der Waals surface area contributed by atoms with Crippen molar-refractivity contribution < 1.29 is 4.12 Å². The maximum Gasteiger partial charge on any atom is 0.198 e. The number of hydrogen-bond donors (Lipinski definition) is 0. The van der Waals surface area contributed by atoms with Gasteiger partial charge in [0, 0.05) is 0 Å². The van der Waals surface area contributed by atoms with Gasteiger partial charge in [0.2, 0.25) is 0 Å². The standard InChI is InChI=1S/C35H40OSi2/c1-24-17-29-12-11-26(19-33(24)29)15-16-37(3,4)36-38(5,6)23-32-20-27-9-7-8-10-28(27)21-35(32)31-14-13-30-18-25(2)34(30)22-31/h7-16,19-22,24-25H,17-18,23H2,1-6H3. The molecule has 0 amide bonds. The van der Waals surface area contributed by atoms with Crippen LogP contribution >= 0.6 is 0 Å². The van der Waals surface area contributed by atoms with E-state index in [1.165, 1.54) is 68.1 Å². The fraction of sp³-hybridized carbons (Fsp3) is 0.314. The minimum Gasteiger partial charge on any atom is -0.452 e. The summed E-state index contributed by atoms with van der Waals surface area (Å²) in [6.07, 6.45) is 4.75. The largest absolute Gasteiger partial charge is 0.452 e. The lowest BCUT2D eigenvalue weighted by molar-refractivity contribution is 0.554. The maximum absolute atomic E-state index is 7.11. The molecule has 2 unspecified atom stereocenters. The molecule has 0 aromatic heterocycles. The van der Waals surface area contributed by atoms with Gasteiger partial charge in [0.15, 0.2) is 16.6 Å². The summed E-state index contributed by atoms with van der Waals surface area (Å²) in [6, 6.07) is 28.7. The molecule has 0 N–H and O–H groups in total. The Bertz CT molecular complexity index is 1560. The van der Waals surface area contributed by atoms with Crippen molar-refractivity contribution in [2.75, 3.05) is 0 Å². The summed E-state index contributed by atoms with van der Waals surface area (Å²) < 4.78 is 7.11. The van der Waals surface area contributed by atoms with Crippen LogP contribution in [-0.2, 0) is 23.0 Å². The molecule has 1 nitrogen and oxygen atoms in total. The molecule has 3 heteroatoms. The van der Waals surface area contributed by atoms with Crippen molar-refractivity contribution in [3.63, 3.8) is 0 Å². The van der Waals surface area contributed by atoms with Crippen molar-refractivity contribution in [3.8, 4) is 11.1 Å². The predicted molar refractivity (Wildman–Crippen MR) is 169 cm³/mol. The maximum atomic E-state index is 7.11. The molecule has 0 saturated heterocycles. The highest BCUT2D eigenvalue weighted by atomic mass is 28.4. The first kappa shape index (κ1) is 25.5. The van der Waals surface area contributed by atoms with Gasteiger partial charge in [-0.1, -0.05) is 92.4 Å². The Labute approximate surface area is 230 Å². The van der Waals surface area contributed by atoms with E-state index in [4.69, 9.17) is 4.12 Å². The lowest BCUT2D eigenvalue weighted by Gasteiger charge is -2.33. The van der Waals surface area contributed by atoms with Crippen molar-refractivity contribution >= 4 is 33.5 Å². The molecular formula is C35H40OSi2. The molecule has 0 fully saturated rings. The zero-order valence-electron chi connectivity index (χ0n) is 23.8. The molecule has 0 bridgehead atoms. The summed E-state index contributed by atoms with van der Waals surface area (Å²) in [4.78, 5) is 0. The molecule has 0 spiro atoms. The second-order valence-electron chi connectivity index (χ2n) is 12.9. The Morgan fingerprint density at radius 1 is 0.763 bits per heavy atom. The van der Waals surface area contributed by atoms with Crippen LogP contribution in [0.3, 0.4) is 0 Å². The first-order chi connectivity index (χ1) is 18.1. The normalized spacial score (nSPS) is 18.7. The van der Waals surface area contributed by atoms with Gasteiger partial charge < -0.3 is 4.12 Å². The monoisotopic (exact) mass is 532 g/mol. The van der Waals surface area contributed by atoms with E-state index < -0.39 is 16.6 Å². The third-order valence-electron chi connectivity index (χ3n) is 8.55. The zero-order chi connectivity index (χ0) is 26.7. The third-order valence-corrected chi connectivity index (χ3v) is 15.1. The molecule has 38 heavy (non-hydrogen) atoms. The lowest BCUT2D eigenvalue weighted by atomic mass is 9.77. The van der Waals surface area contributed by atoms with Crippen LogP contribution < -0.4 is 0 Å². The quantitative estimate of drug-likeness (QED) is 0.215. The van der Waals surface area contributed by atoms with Crippen LogP contribution in [-0.4, -0.2) is 16.6 Å². The molecule has 2 atom stereocenters. The minimum atomic E-state index is -2.00. The number of benzene rings is 4. The fourth-order valence-corrected chi connectivity index (χ4v) is 14.7. The molecule has 194 valence electrons. The summed E-state index contributed by atoms with van der Waals surface area (Å²) in [5.74, 6) is 1.37. The summed E-state index contributed by atoms with van der Waals surface area (Å²) in [6.45, 7) is 14.2. The first-order valence-electron chi connectivity index (χ1n) is 14.2. The Morgan fingerprint density at radius 2 is 1.39 bits per heavy atom. The van der Waals surface area contributed by atoms with E-state index in [1.54, 1.807) is 0 Å². The smallest absolute Gasteiger partial charge is 0.198 e. The Kier molecular flexibility index (Phi) is 6.37. The van der Waals surface area contributed by atoms with Crippen LogP contribution in [0.25, 0.3) is 28.0 Å². The average molecular weight is 533 g/mol. The van der Waals surface area contributed by atoms with Crippen molar-refractivity contribution in [1.82, 2.24) is 0 Å². The van der Waals surface area contributed by atoms with Crippen LogP contribution in [0.4, 0.5) is 0 Å². The van der Waals surface area contributed by atoms with E-state index >= 15 is 0 Å². The second kappa shape index (κ2) is 9.48. The zero-order valence-corrected chi connectivity index (χ0v) is 25.8. The topological polar surface area (TPSA) is 9.23 Å². The van der Waals surface area contributed by atoms with Gasteiger partial charge in [-0.25, -0.2) is 0 Å². The van der Waals surface area contributed by atoms with Crippen molar-refractivity contribution in [2.24, 2.45) is 0 Å². The molecule has 2 aliphatic carbocycles. The fourth-order valence-electron chi connectivity index (χ4n) is 6.63. The SMILES string of the molecule is CC1Cc2ccc(C=C[Si](C)(C)O[Si](C)(C)Cc3cc4ccccc4cc3-c3ccc4c(c3)C(C)C4)cc21. The molecule has 2 aliphatic rings. The third kappa shape index (κ3) is 5.00. The summed E-state index contributed by atoms with van der Waals surface area (Å²) in [7, 11) is -3.99. The summed E-state index contributed by atoms with van der Waals surface area (Å²) in [5.41, 5.74) is 13.9. The molecular weight excluding hydrogens is 493 g/mol. The van der Waals surface area contributed by atoms with Crippen LogP contribution in [0, 0.1) is 0 Å². The van der Waals surface area contributed by atoms with Crippen molar-refractivity contribution in [3.05, 3.63) is 112 Å². The van der Waals surface area contributed by atoms with Gasteiger partial charge in [0.25, 0.3) is 0 Å². The number of rotatable bonds is 7. The van der Waals surface area contributed by atoms with Crippen LogP contribution in [0.1, 0.15) is 59.1 Å². The number of hydrogen-bond acceptors (Lipinski definition) is 1. The highest BCUT2D eigenvalue weighted by molar-refractivity contribution is 6.87. The van der Waals surface area contributed by atoms with Crippen molar-refractivity contribution in [1.29, 1.82) is 0 Å². The molecule has 0 heterocycles. The van der Waals surface area contributed by atoms with E-state index in [0.717, 1.165) is 6.04 Å². The van der Waals surface area contributed by atoms with Gasteiger partial charge in [-0.2, -0.15) is 0 Å². The first-order valence-corrected chi connectivity index (χ1v) is 20.3. The minimum absolute atomic E-state index is 0.672. The van der Waals surface area contributed by atoms with Gasteiger partial charge in [-0.05, 0) is 118 Å². The van der Waals surface area contributed by atoms with Gasteiger partial charge in [0.1, 0.15) is 0 Å². The van der Waals surface area contributed by atoms with E-state index in [0.29, 0.717) is 11.8 Å². The molecule has 0 aliphatic heterocycles. The second-order valence-corrected chi connectivity index (χ2v) is 21.1. The Morgan fingerprint density at radius 3 is 2.08 bits per heavy atom. The average Bonchev–Trinajstić information content (AvgIpc) is 2.85. The van der Waals surface area contributed by atoms with Gasteiger partial charge in [0.05, 0.1) is 0 Å². The molecule has 6 rings (SSSR count). The van der Waals surface area contributed by atoms with Crippen molar-refractivity contribution in [2.45, 2.75) is 70.8 Å². The van der Waals surface area contributed by atoms with Crippen LogP contribution in [0.5, 0.6) is 0 Å². The summed E-state index contributed by atoms with van der Waals surface area (Å²) >= 11 is 0. The lowest BCUT2D eigenvalue weighted by Crippen LogP contribution is -2.45. The predicted octanol–water partition coefficient (Wildman–Crippen LogP) is 9.59. The molecule has 0 radical (unpaired) electrons. The highest BCUT2D eigenvalue weighted by Crippen LogP contribution is 2.40. The van der Waals surface area contributed by atoms with E-state index in [-0.39, 0.29) is 0 Å². The van der Waals surface area contributed by atoms with E-state index in [9.17, 15) is 0 Å². The molecule has 4 aromatic rings. The highest BCUT2D eigenvalue weighted by Gasteiger charge is 2.33. The van der Waals surface area contributed by atoms with Gasteiger partial charge >= 0.3 is 0 Å². The van der Waals surface area contributed by atoms with Crippen LogP contribution in [0.2, 0.25) is 26.2 Å². The Hall–Kier alpha value is -2.73. The van der Waals surface area contributed by atoms with Gasteiger partial charge in [-0.15, -0.1) is 0 Å². The molecule has 4 aromatic carbocycles. The number of fused-ring (bicyclic) bond motifs is 3. The van der Waals surface area contributed by atoms with E-state index in [2.05, 4.69) is 125 Å².